The summed E-state index contributed by atoms with van der Waals surface area (Å²) in [6.45, 7) is 0. The number of hydrogen-bond acceptors (Lipinski definition) is 2. The van der Waals surface area contributed by atoms with Gasteiger partial charge in [0, 0.05) is 7.05 Å². The van der Waals surface area contributed by atoms with Crippen molar-refractivity contribution in [2.24, 2.45) is 0 Å². The van der Waals surface area contributed by atoms with Crippen LogP contribution in [0.1, 0.15) is 11.7 Å². The molecule has 0 saturated heterocycles. The van der Waals surface area contributed by atoms with Crippen LogP contribution in [0.3, 0.4) is 0 Å². The van der Waals surface area contributed by atoms with E-state index in [1.54, 1.807) is 24.3 Å². The van der Waals surface area contributed by atoms with Gasteiger partial charge in [-0.3, -0.25) is 4.79 Å². The van der Waals surface area contributed by atoms with Gasteiger partial charge >= 0.3 is 0 Å². The van der Waals surface area contributed by atoms with Crippen LogP contribution in [0, 0.1) is 0 Å². The zero-order valence-electron chi connectivity index (χ0n) is 6.82. The van der Waals surface area contributed by atoms with E-state index in [0.717, 1.165) is 0 Å². The van der Waals surface area contributed by atoms with Gasteiger partial charge in [-0.2, -0.15) is 0 Å². The second-order valence-electron chi connectivity index (χ2n) is 2.43. The van der Waals surface area contributed by atoms with Crippen LogP contribution >= 0.6 is 0 Å². The summed E-state index contributed by atoms with van der Waals surface area (Å²) in [6, 6.07) is 8.81. The molecule has 3 nitrogen and oxygen atoms in total. The molecule has 0 spiro atoms. The Kier molecular flexibility index (Phi) is 2.82. The first-order valence-electron chi connectivity index (χ1n) is 3.70. The van der Waals surface area contributed by atoms with Crippen molar-refractivity contribution in [3.8, 4) is 0 Å². The molecule has 1 aromatic carbocycles. The van der Waals surface area contributed by atoms with E-state index >= 15 is 0 Å². The first-order chi connectivity index (χ1) is 5.75. The minimum Gasteiger partial charge on any atom is -0.378 e. The van der Waals surface area contributed by atoms with Crippen molar-refractivity contribution < 1.29 is 9.90 Å². The second kappa shape index (κ2) is 3.88. The van der Waals surface area contributed by atoms with Gasteiger partial charge in [0.15, 0.2) is 6.10 Å². The lowest BCUT2D eigenvalue weighted by Gasteiger charge is -2.07. The predicted octanol–water partition coefficient (Wildman–Crippen LogP) is 0.466. The van der Waals surface area contributed by atoms with E-state index < -0.39 is 6.10 Å². The van der Waals surface area contributed by atoms with E-state index in [4.69, 9.17) is 0 Å². The number of aliphatic hydroxyl groups excluding tert-OH is 1. The molecule has 0 aromatic heterocycles. The van der Waals surface area contributed by atoms with Gasteiger partial charge in [0.25, 0.3) is 5.91 Å². The van der Waals surface area contributed by atoms with Crippen molar-refractivity contribution in [1.82, 2.24) is 5.32 Å². The number of carbonyl (C=O) groups excluding carboxylic acids is 1. The summed E-state index contributed by atoms with van der Waals surface area (Å²) >= 11 is 0. The van der Waals surface area contributed by atoms with E-state index in [0.29, 0.717) is 5.56 Å². The van der Waals surface area contributed by atoms with Crippen molar-refractivity contribution in [3.05, 3.63) is 35.9 Å². The number of carbonyl (C=O) groups is 1. The molecule has 1 amide bonds. The molecule has 0 saturated carbocycles. The second-order valence-corrected chi connectivity index (χ2v) is 2.43. The Balaban J connectivity index is 2.78. The number of rotatable bonds is 2. The molecule has 0 heterocycles. The normalized spacial score (nSPS) is 12.2. The molecule has 3 heteroatoms. The monoisotopic (exact) mass is 165 g/mol. The van der Waals surface area contributed by atoms with Gasteiger partial charge in [0.2, 0.25) is 0 Å². The van der Waals surface area contributed by atoms with Gasteiger partial charge in [-0.25, -0.2) is 0 Å². The maximum absolute atomic E-state index is 11.0. The third kappa shape index (κ3) is 1.83. The summed E-state index contributed by atoms with van der Waals surface area (Å²) < 4.78 is 0. The fraction of sp³-hybridized carbons (Fsp3) is 0.222. The minimum atomic E-state index is -1.06. The maximum atomic E-state index is 11.0. The van der Waals surface area contributed by atoms with E-state index in [2.05, 4.69) is 5.32 Å². The van der Waals surface area contributed by atoms with E-state index in [-0.39, 0.29) is 5.91 Å². The average molecular weight is 165 g/mol. The minimum absolute atomic E-state index is 0.388. The number of amides is 1. The largest absolute Gasteiger partial charge is 0.378 e. The van der Waals surface area contributed by atoms with Crippen molar-refractivity contribution in [1.29, 1.82) is 0 Å². The number of aliphatic hydroxyl groups is 1. The van der Waals surface area contributed by atoms with Crippen LogP contribution in [-0.4, -0.2) is 18.1 Å². The van der Waals surface area contributed by atoms with Gasteiger partial charge in [0.1, 0.15) is 0 Å². The number of benzene rings is 1. The highest BCUT2D eigenvalue weighted by molar-refractivity contribution is 5.81. The standard InChI is InChI=1S/C9H11NO2/c1-10-9(12)8(11)7-5-3-2-4-6-7/h2-6,8,11H,1H3,(H,10,12)/t8-/m1/s1. The summed E-state index contributed by atoms with van der Waals surface area (Å²) in [4.78, 5) is 11.0. The molecule has 1 aromatic rings. The van der Waals surface area contributed by atoms with Crippen LogP contribution in [0.25, 0.3) is 0 Å². The molecule has 1 atom stereocenters. The summed E-state index contributed by atoms with van der Waals surface area (Å²) in [5.74, 6) is -0.388. The van der Waals surface area contributed by atoms with Crippen LogP contribution in [0.4, 0.5) is 0 Å². The Hall–Kier alpha value is -1.35. The molecule has 0 aliphatic carbocycles. The highest BCUT2D eigenvalue weighted by Crippen LogP contribution is 2.10. The predicted molar refractivity (Wildman–Crippen MR) is 45.5 cm³/mol. The lowest BCUT2D eigenvalue weighted by atomic mass is 10.1. The SMILES string of the molecule is CNC(=O)[C@H](O)c1ccccc1. The van der Waals surface area contributed by atoms with E-state index in [1.165, 1.54) is 7.05 Å². The fourth-order valence-electron chi connectivity index (χ4n) is 0.923. The number of nitrogens with one attached hydrogen (secondary N) is 1. The lowest BCUT2D eigenvalue weighted by molar-refractivity contribution is -0.129. The van der Waals surface area contributed by atoms with Crippen LogP contribution in [0.5, 0.6) is 0 Å². The highest BCUT2D eigenvalue weighted by atomic mass is 16.3. The lowest BCUT2D eigenvalue weighted by Crippen LogP contribution is -2.25. The van der Waals surface area contributed by atoms with Crippen LogP contribution in [-0.2, 0) is 4.79 Å². The molecule has 64 valence electrons. The summed E-state index contributed by atoms with van der Waals surface area (Å²) in [7, 11) is 1.49. The molecule has 0 fully saturated rings. The van der Waals surface area contributed by atoms with Crippen LogP contribution in [0.2, 0.25) is 0 Å². The summed E-state index contributed by atoms with van der Waals surface area (Å²) in [5.41, 5.74) is 0.608. The topological polar surface area (TPSA) is 49.3 Å². The van der Waals surface area contributed by atoms with E-state index in [9.17, 15) is 9.90 Å². The molecule has 0 aliphatic rings. The maximum Gasteiger partial charge on any atom is 0.253 e. The first-order valence-corrected chi connectivity index (χ1v) is 3.70. The molecule has 0 aliphatic heterocycles. The number of likely N-dealkylation sites (N-methyl/N-ethyl adjacent to an activating group) is 1. The van der Waals surface area contributed by atoms with Crippen molar-refractivity contribution in [3.63, 3.8) is 0 Å². The zero-order chi connectivity index (χ0) is 8.97. The molecular formula is C9H11NO2. The first kappa shape index (κ1) is 8.74. The molecule has 0 unspecified atom stereocenters. The van der Waals surface area contributed by atoms with Crippen molar-refractivity contribution >= 4 is 5.91 Å². The average Bonchev–Trinajstić information content (AvgIpc) is 2.17. The van der Waals surface area contributed by atoms with E-state index in [1.807, 2.05) is 6.07 Å². The Labute approximate surface area is 71.0 Å². The third-order valence-electron chi connectivity index (χ3n) is 1.61. The van der Waals surface area contributed by atoms with Gasteiger partial charge < -0.3 is 10.4 Å². The highest BCUT2D eigenvalue weighted by Gasteiger charge is 2.14. The molecule has 0 bridgehead atoms. The molecular weight excluding hydrogens is 154 g/mol. The van der Waals surface area contributed by atoms with Gasteiger partial charge in [-0.15, -0.1) is 0 Å². The number of hydrogen-bond donors (Lipinski definition) is 2. The van der Waals surface area contributed by atoms with Crippen LogP contribution < -0.4 is 5.32 Å². The Bertz CT molecular complexity index is 258. The van der Waals surface area contributed by atoms with Crippen molar-refractivity contribution in [2.75, 3.05) is 7.05 Å². The van der Waals surface area contributed by atoms with Gasteiger partial charge in [0.05, 0.1) is 0 Å². The molecule has 2 N–H and O–H groups in total. The van der Waals surface area contributed by atoms with Gasteiger partial charge in [-0.1, -0.05) is 30.3 Å². The smallest absolute Gasteiger partial charge is 0.253 e. The molecule has 12 heavy (non-hydrogen) atoms. The summed E-state index contributed by atoms with van der Waals surface area (Å²) in [6.07, 6.45) is -1.06. The molecule has 1 rings (SSSR count). The van der Waals surface area contributed by atoms with Crippen molar-refractivity contribution in [2.45, 2.75) is 6.10 Å². The third-order valence-corrected chi connectivity index (χ3v) is 1.61. The quantitative estimate of drug-likeness (QED) is 0.669. The summed E-state index contributed by atoms with van der Waals surface area (Å²) in [5, 5.41) is 11.8. The Morgan fingerprint density at radius 3 is 2.50 bits per heavy atom. The van der Waals surface area contributed by atoms with Crippen LogP contribution in [0.15, 0.2) is 30.3 Å². The molecule has 0 radical (unpaired) electrons. The fourth-order valence-corrected chi connectivity index (χ4v) is 0.923. The zero-order valence-corrected chi connectivity index (χ0v) is 6.82. The Morgan fingerprint density at radius 1 is 1.42 bits per heavy atom. The Morgan fingerprint density at radius 2 is 2.00 bits per heavy atom. The van der Waals surface area contributed by atoms with Gasteiger partial charge in [-0.05, 0) is 5.56 Å².